The molecule has 0 fully saturated rings. The van der Waals surface area contributed by atoms with Gasteiger partial charge in [-0.25, -0.2) is 0 Å². The van der Waals surface area contributed by atoms with Gasteiger partial charge in [-0.1, -0.05) is 26.0 Å². The maximum absolute atomic E-state index is 11.4. The summed E-state index contributed by atoms with van der Waals surface area (Å²) in [5.41, 5.74) is 1.58. The van der Waals surface area contributed by atoms with Crippen LogP contribution in [0.5, 0.6) is 0 Å². The molecule has 1 amide bonds. The normalized spacial score (nSPS) is 9.88. The lowest BCUT2D eigenvalue weighted by Crippen LogP contribution is -2.23. The topological polar surface area (TPSA) is 52.9 Å². The molecule has 3 heteroatoms. The van der Waals surface area contributed by atoms with Crippen LogP contribution < -0.4 is 5.32 Å². The van der Waals surface area contributed by atoms with Gasteiger partial charge in [0.1, 0.15) is 0 Å². The molecule has 0 aliphatic carbocycles. The number of amides is 1. The molecule has 3 nitrogen and oxygen atoms in total. The van der Waals surface area contributed by atoms with Gasteiger partial charge in [-0.15, -0.1) is 0 Å². The Hall–Kier alpha value is -1.82. The van der Waals surface area contributed by atoms with Crippen molar-refractivity contribution in [2.45, 2.75) is 26.8 Å². The van der Waals surface area contributed by atoms with Gasteiger partial charge in [-0.2, -0.15) is 5.26 Å². The third kappa shape index (κ3) is 4.14. The fraction of sp³-hybridized carbons (Fsp3) is 0.385. The van der Waals surface area contributed by atoms with Gasteiger partial charge in [-0.05, 0) is 23.6 Å². The molecular formula is C13H16N2O. The molecule has 0 saturated carbocycles. The van der Waals surface area contributed by atoms with Crippen LogP contribution in [0, 0.1) is 17.2 Å². The minimum atomic E-state index is 0.0531. The molecule has 1 N–H and O–H groups in total. The maximum atomic E-state index is 11.4. The number of benzene rings is 1. The largest absolute Gasteiger partial charge is 0.352 e. The Kier molecular flexibility index (Phi) is 4.53. The van der Waals surface area contributed by atoms with E-state index in [1.165, 1.54) is 0 Å². The van der Waals surface area contributed by atoms with E-state index in [0.29, 0.717) is 24.4 Å². The van der Waals surface area contributed by atoms with Gasteiger partial charge >= 0.3 is 0 Å². The Balaban J connectivity index is 2.49. The molecule has 1 rings (SSSR count). The summed E-state index contributed by atoms with van der Waals surface area (Å²) in [5, 5.41) is 11.6. The molecule has 0 aliphatic heterocycles. The Morgan fingerprint density at radius 1 is 1.50 bits per heavy atom. The molecule has 0 saturated heterocycles. The Labute approximate surface area is 96.1 Å². The number of carbonyl (C=O) groups is 1. The molecule has 16 heavy (non-hydrogen) atoms. The third-order valence-electron chi connectivity index (χ3n) is 2.14. The number of nitrogens with zero attached hydrogens (tertiary/aromatic N) is 1. The monoisotopic (exact) mass is 216 g/mol. The lowest BCUT2D eigenvalue weighted by atomic mass is 10.1. The van der Waals surface area contributed by atoms with Crippen LogP contribution in [0.15, 0.2) is 24.3 Å². The van der Waals surface area contributed by atoms with Crippen molar-refractivity contribution in [1.29, 1.82) is 5.26 Å². The fourth-order valence-electron chi connectivity index (χ4n) is 1.39. The first kappa shape index (κ1) is 12.3. The van der Waals surface area contributed by atoms with Crippen molar-refractivity contribution in [3.05, 3.63) is 35.4 Å². The van der Waals surface area contributed by atoms with Crippen molar-refractivity contribution in [1.82, 2.24) is 5.32 Å². The van der Waals surface area contributed by atoms with E-state index in [-0.39, 0.29) is 5.91 Å². The van der Waals surface area contributed by atoms with Gasteiger partial charge in [0.15, 0.2) is 0 Å². The van der Waals surface area contributed by atoms with Crippen LogP contribution in [0.25, 0.3) is 0 Å². The van der Waals surface area contributed by atoms with Crippen LogP contribution in [0.3, 0.4) is 0 Å². The summed E-state index contributed by atoms with van der Waals surface area (Å²) in [6.45, 7) is 4.51. The number of carbonyl (C=O) groups excluding carboxylic acids is 1. The maximum Gasteiger partial charge on any atom is 0.220 e. The van der Waals surface area contributed by atoms with Crippen LogP contribution >= 0.6 is 0 Å². The molecule has 0 unspecified atom stereocenters. The van der Waals surface area contributed by atoms with Crippen molar-refractivity contribution in [2.24, 2.45) is 5.92 Å². The minimum Gasteiger partial charge on any atom is -0.352 e. The van der Waals surface area contributed by atoms with E-state index in [1.807, 2.05) is 26.0 Å². The van der Waals surface area contributed by atoms with Crippen molar-refractivity contribution in [3.8, 4) is 6.07 Å². The highest BCUT2D eigenvalue weighted by atomic mass is 16.1. The van der Waals surface area contributed by atoms with Gasteiger partial charge in [0.05, 0.1) is 11.6 Å². The summed E-state index contributed by atoms with van der Waals surface area (Å²) < 4.78 is 0. The molecule has 0 aromatic heterocycles. The smallest absolute Gasteiger partial charge is 0.220 e. The van der Waals surface area contributed by atoms with Gasteiger partial charge in [0, 0.05) is 13.0 Å². The van der Waals surface area contributed by atoms with E-state index in [4.69, 9.17) is 5.26 Å². The summed E-state index contributed by atoms with van der Waals surface area (Å²) in [6.07, 6.45) is 0.540. The molecule has 0 spiro atoms. The Bertz CT molecular complexity index is 405. The predicted octanol–water partition coefficient (Wildman–Crippen LogP) is 2.22. The van der Waals surface area contributed by atoms with Crippen molar-refractivity contribution >= 4 is 5.91 Å². The highest BCUT2D eigenvalue weighted by Crippen LogP contribution is 2.04. The second kappa shape index (κ2) is 5.92. The van der Waals surface area contributed by atoms with Crippen LogP contribution in [0.4, 0.5) is 0 Å². The van der Waals surface area contributed by atoms with E-state index in [0.717, 1.165) is 5.56 Å². The van der Waals surface area contributed by atoms with Crippen LogP contribution in [0.2, 0.25) is 0 Å². The summed E-state index contributed by atoms with van der Waals surface area (Å²) in [5.74, 6) is 0.419. The minimum absolute atomic E-state index is 0.0531. The average Bonchev–Trinajstić information content (AvgIpc) is 2.26. The lowest BCUT2D eigenvalue weighted by Gasteiger charge is -2.07. The molecule has 0 bridgehead atoms. The quantitative estimate of drug-likeness (QED) is 0.839. The second-order valence-corrected chi connectivity index (χ2v) is 4.19. The first-order chi connectivity index (χ1) is 7.61. The van der Waals surface area contributed by atoms with Gasteiger partial charge < -0.3 is 5.32 Å². The molecule has 0 atom stereocenters. The number of nitriles is 1. The highest BCUT2D eigenvalue weighted by molar-refractivity contribution is 5.76. The fourth-order valence-corrected chi connectivity index (χ4v) is 1.39. The summed E-state index contributed by atoms with van der Waals surface area (Å²) in [4.78, 5) is 11.4. The Morgan fingerprint density at radius 3 is 2.88 bits per heavy atom. The Morgan fingerprint density at radius 2 is 2.25 bits per heavy atom. The van der Waals surface area contributed by atoms with E-state index in [9.17, 15) is 4.79 Å². The van der Waals surface area contributed by atoms with Crippen LogP contribution in [0.1, 0.15) is 31.4 Å². The number of hydrogen-bond acceptors (Lipinski definition) is 2. The van der Waals surface area contributed by atoms with Crippen LogP contribution in [-0.2, 0) is 11.3 Å². The summed E-state index contributed by atoms with van der Waals surface area (Å²) in [6, 6.07) is 9.33. The third-order valence-corrected chi connectivity index (χ3v) is 2.14. The highest BCUT2D eigenvalue weighted by Gasteiger charge is 2.04. The number of rotatable bonds is 4. The molecule has 1 aromatic rings. The molecule has 0 heterocycles. The molecule has 84 valence electrons. The van der Waals surface area contributed by atoms with E-state index < -0.39 is 0 Å². The van der Waals surface area contributed by atoms with Crippen molar-refractivity contribution in [2.75, 3.05) is 0 Å². The first-order valence-electron chi connectivity index (χ1n) is 5.37. The lowest BCUT2D eigenvalue weighted by molar-refractivity contribution is -0.121. The van der Waals surface area contributed by atoms with E-state index >= 15 is 0 Å². The van der Waals surface area contributed by atoms with Crippen molar-refractivity contribution in [3.63, 3.8) is 0 Å². The first-order valence-corrected chi connectivity index (χ1v) is 5.37. The molecular weight excluding hydrogens is 200 g/mol. The van der Waals surface area contributed by atoms with E-state index in [2.05, 4.69) is 11.4 Å². The van der Waals surface area contributed by atoms with Crippen molar-refractivity contribution < 1.29 is 4.79 Å². The standard InChI is InChI=1S/C13H16N2O/c1-10(2)6-13(16)15-9-12-5-3-4-11(7-12)8-14/h3-5,7,10H,6,9H2,1-2H3,(H,15,16). The molecule has 1 aromatic carbocycles. The van der Waals surface area contributed by atoms with E-state index in [1.54, 1.807) is 12.1 Å². The van der Waals surface area contributed by atoms with Crippen LogP contribution in [-0.4, -0.2) is 5.91 Å². The van der Waals surface area contributed by atoms with Gasteiger partial charge in [0.2, 0.25) is 5.91 Å². The van der Waals surface area contributed by atoms with Gasteiger partial charge in [0.25, 0.3) is 0 Å². The molecule has 0 radical (unpaired) electrons. The average molecular weight is 216 g/mol. The second-order valence-electron chi connectivity index (χ2n) is 4.19. The van der Waals surface area contributed by atoms with Gasteiger partial charge in [-0.3, -0.25) is 4.79 Å². The predicted molar refractivity (Wildman–Crippen MR) is 62.5 cm³/mol. The zero-order chi connectivity index (χ0) is 12.0. The number of hydrogen-bond donors (Lipinski definition) is 1. The summed E-state index contributed by atoms with van der Waals surface area (Å²) in [7, 11) is 0. The SMILES string of the molecule is CC(C)CC(=O)NCc1cccc(C#N)c1. The number of nitrogens with one attached hydrogen (secondary N) is 1. The molecule has 0 aliphatic rings. The zero-order valence-electron chi connectivity index (χ0n) is 9.66. The summed E-state index contributed by atoms with van der Waals surface area (Å²) >= 11 is 0. The zero-order valence-corrected chi connectivity index (χ0v) is 9.66.